The van der Waals surface area contributed by atoms with Gasteiger partial charge >= 0.3 is 61.2 Å². The van der Waals surface area contributed by atoms with Crippen molar-refractivity contribution in [2.75, 3.05) is 0 Å². The van der Waals surface area contributed by atoms with Gasteiger partial charge in [-0.1, -0.05) is 0 Å². The van der Waals surface area contributed by atoms with Crippen molar-refractivity contribution in [3.8, 4) is 0 Å². The van der Waals surface area contributed by atoms with Gasteiger partial charge in [-0.2, -0.15) is 0 Å². The average Bonchev–Trinajstić information content (AvgIpc) is 1.59. The van der Waals surface area contributed by atoms with Crippen LogP contribution in [0.25, 0.3) is 0 Å². The van der Waals surface area contributed by atoms with Gasteiger partial charge in [0.2, 0.25) is 0 Å². The molecule has 0 fully saturated rings. The molecule has 3 amide bonds. The summed E-state index contributed by atoms with van der Waals surface area (Å²) in [7, 11) is 0. The summed E-state index contributed by atoms with van der Waals surface area (Å²) in [5.41, 5.74) is 14.0. The van der Waals surface area contributed by atoms with Crippen molar-refractivity contribution in [3.63, 3.8) is 0 Å². The van der Waals surface area contributed by atoms with E-state index in [9.17, 15) is 14.4 Å². The van der Waals surface area contributed by atoms with Gasteiger partial charge in [0.05, 0.1) is 0 Å². The van der Waals surface area contributed by atoms with E-state index in [1.165, 1.54) is 0 Å². The van der Waals surface area contributed by atoms with Crippen LogP contribution in [0.5, 0.6) is 0 Å². The van der Waals surface area contributed by atoms with Gasteiger partial charge in [-0.3, -0.25) is 0 Å². The third kappa shape index (κ3) is 2.11. The second kappa shape index (κ2) is 3.27. The van der Waals surface area contributed by atoms with Gasteiger partial charge in [0.1, 0.15) is 0 Å². The molecule has 0 aliphatic heterocycles. The topological polar surface area (TPSA) is 129 Å². The summed E-state index contributed by atoms with van der Waals surface area (Å²) >= 11 is -3.51. The van der Waals surface area contributed by atoms with Crippen LogP contribution >= 0.6 is 0 Å². The number of primary amides is 3. The van der Waals surface area contributed by atoms with Crippen molar-refractivity contribution in [1.29, 1.82) is 0 Å². The zero-order valence-corrected chi connectivity index (χ0v) is 7.46. The SMILES string of the molecule is N[C](=O)[Ga]([C](N)=O)[C](N)=O. The molecule has 0 aromatic carbocycles. The van der Waals surface area contributed by atoms with Crippen LogP contribution in [0.4, 0.5) is 14.4 Å². The fourth-order valence-corrected chi connectivity index (χ4v) is 2.19. The van der Waals surface area contributed by atoms with Crippen LogP contribution in [0.1, 0.15) is 0 Å². The Hall–Kier alpha value is -0.954. The Balaban J connectivity index is 4.43. The number of carbonyl (C=O) groups is 3. The summed E-state index contributed by atoms with van der Waals surface area (Å²) in [4.78, 5) is 30.9. The van der Waals surface area contributed by atoms with Crippen LogP contribution in [-0.2, 0) is 0 Å². The van der Waals surface area contributed by atoms with Crippen LogP contribution < -0.4 is 17.2 Å². The summed E-state index contributed by atoms with van der Waals surface area (Å²) in [5, 5.41) is 0. The van der Waals surface area contributed by atoms with E-state index >= 15 is 0 Å². The van der Waals surface area contributed by atoms with Gasteiger partial charge in [-0.05, 0) is 0 Å². The number of carbonyl (C=O) groups excluding carboxylic acids is 3. The molecule has 0 bridgehead atoms. The first-order chi connectivity index (χ1) is 4.46. The third-order valence-corrected chi connectivity index (χ3v) is 4.44. The second-order valence-electron chi connectivity index (χ2n) is 1.64. The molecule has 0 aliphatic carbocycles. The Morgan fingerprint density at radius 2 is 1.00 bits per heavy atom. The normalized spacial score (nSPS) is 8.40. The van der Waals surface area contributed by atoms with E-state index in [4.69, 9.17) is 0 Å². The van der Waals surface area contributed by atoms with Crippen molar-refractivity contribution >= 4 is 29.6 Å². The molecule has 0 spiro atoms. The molecule has 0 aromatic heterocycles. The van der Waals surface area contributed by atoms with Gasteiger partial charge in [-0.15, -0.1) is 0 Å². The third-order valence-electron chi connectivity index (χ3n) is 0.854. The standard InChI is InChI=1S/3CH2NO.Ga/c3*2-1-3;/h3*(H2,2,3);. The van der Waals surface area contributed by atoms with Crippen molar-refractivity contribution in [2.45, 2.75) is 0 Å². The summed E-state index contributed by atoms with van der Waals surface area (Å²) in [6, 6.07) is 0. The molecule has 0 rings (SSSR count). The Bertz CT molecular complexity index is 158. The number of hydrogen-bond donors (Lipinski definition) is 3. The van der Waals surface area contributed by atoms with Crippen molar-refractivity contribution in [1.82, 2.24) is 0 Å². The second-order valence-corrected chi connectivity index (χ2v) is 7.04. The average molecular weight is 202 g/mol. The van der Waals surface area contributed by atoms with Crippen LogP contribution in [0.15, 0.2) is 0 Å². The molecule has 6 N–H and O–H groups in total. The first-order valence-corrected chi connectivity index (χ1v) is 5.98. The van der Waals surface area contributed by atoms with E-state index in [0.29, 0.717) is 0 Å². The van der Waals surface area contributed by atoms with E-state index in [1.54, 1.807) is 0 Å². The van der Waals surface area contributed by atoms with Gasteiger partial charge < -0.3 is 0 Å². The molecule has 7 heteroatoms. The minimum absolute atomic E-state index is 0.937. The quantitative estimate of drug-likeness (QED) is 0.479. The predicted octanol–water partition coefficient (Wildman–Crippen LogP) is -1.54. The Kier molecular flexibility index (Phi) is 2.96. The summed E-state index contributed by atoms with van der Waals surface area (Å²) in [5.74, 6) is 0. The van der Waals surface area contributed by atoms with Crippen LogP contribution in [0, 0.1) is 0 Å². The molecule has 0 radical (unpaired) electrons. The zero-order chi connectivity index (χ0) is 8.31. The number of hydrogen-bond acceptors (Lipinski definition) is 3. The molecule has 54 valence electrons. The zero-order valence-electron chi connectivity index (χ0n) is 5.03. The van der Waals surface area contributed by atoms with Gasteiger partial charge in [0.15, 0.2) is 0 Å². The monoisotopic (exact) mass is 201 g/mol. The predicted molar refractivity (Wildman–Crippen MR) is 34.5 cm³/mol. The molecular weight excluding hydrogens is 196 g/mol. The molecule has 10 heavy (non-hydrogen) atoms. The number of nitrogens with two attached hydrogens (primary N) is 3. The molecule has 0 heterocycles. The summed E-state index contributed by atoms with van der Waals surface area (Å²) < 4.78 is -2.81. The first kappa shape index (κ1) is 9.05. The van der Waals surface area contributed by atoms with Gasteiger partial charge in [0, 0.05) is 0 Å². The van der Waals surface area contributed by atoms with E-state index < -0.39 is 29.6 Å². The van der Waals surface area contributed by atoms with Crippen molar-refractivity contribution in [3.05, 3.63) is 0 Å². The molecule has 0 aliphatic rings. The van der Waals surface area contributed by atoms with E-state index in [1.807, 2.05) is 0 Å². The maximum atomic E-state index is 10.3. The molecule has 0 saturated carbocycles. The van der Waals surface area contributed by atoms with Crippen molar-refractivity contribution in [2.24, 2.45) is 17.2 Å². The fraction of sp³-hybridized carbons (Fsp3) is 0. The van der Waals surface area contributed by atoms with Crippen molar-refractivity contribution < 1.29 is 14.4 Å². The molecular formula is C3H6GaN3O3. The Labute approximate surface area is 61.7 Å². The van der Waals surface area contributed by atoms with E-state index in [-0.39, 0.29) is 0 Å². The van der Waals surface area contributed by atoms with Gasteiger partial charge in [-0.25, -0.2) is 0 Å². The van der Waals surface area contributed by atoms with Gasteiger partial charge in [0.25, 0.3) is 0 Å². The van der Waals surface area contributed by atoms with Crippen LogP contribution in [-0.4, -0.2) is 29.6 Å². The molecule has 0 atom stereocenters. The molecule has 0 saturated heterocycles. The number of amides is 3. The number of rotatable bonds is 3. The molecule has 0 aromatic rings. The minimum atomic E-state index is -3.51. The fourth-order valence-electron chi connectivity index (χ4n) is 0.421. The first-order valence-electron chi connectivity index (χ1n) is 2.34. The summed E-state index contributed by atoms with van der Waals surface area (Å²) in [6.45, 7) is 0. The molecule has 6 nitrogen and oxygen atoms in total. The molecule has 0 unspecified atom stereocenters. The van der Waals surface area contributed by atoms with Crippen LogP contribution in [0.3, 0.4) is 0 Å². The Morgan fingerprint density at radius 1 is 0.800 bits per heavy atom. The van der Waals surface area contributed by atoms with E-state index in [2.05, 4.69) is 17.2 Å². The van der Waals surface area contributed by atoms with E-state index in [0.717, 1.165) is 0 Å². The Morgan fingerprint density at radius 3 is 1.00 bits per heavy atom. The summed E-state index contributed by atoms with van der Waals surface area (Å²) in [6.07, 6.45) is 0. The van der Waals surface area contributed by atoms with Crippen LogP contribution in [0.2, 0.25) is 0 Å². The maximum absolute atomic E-state index is 10.3.